The van der Waals surface area contributed by atoms with E-state index in [0.717, 1.165) is 12.2 Å². The molecule has 0 saturated carbocycles. The fourth-order valence-electron chi connectivity index (χ4n) is 1.31. The number of hydrogen-bond acceptors (Lipinski definition) is 4. The molecule has 1 aliphatic rings. The van der Waals surface area contributed by atoms with Gasteiger partial charge in [0.1, 0.15) is 0 Å². The van der Waals surface area contributed by atoms with Gasteiger partial charge >= 0.3 is 5.97 Å². The third kappa shape index (κ3) is 2.75. The van der Waals surface area contributed by atoms with Crippen LogP contribution in [0.2, 0.25) is 0 Å². The topological polar surface area (TPSA) is 84.9 Å². The smallest absolute Gasteiger partial charge is 0.328 e. The van der Waals surface area contributed by atoms with Crippen LogP contribution in [0.1, 0.15) is 0 Å². The molecule has 1 aromatic carbocycles. The number of fused-ring (bicyclic) bond motifs is 1. The molecule has 6 heteroatoms. The first-order chi connectivity index (χ1) is 8.15. The number of carbonyl (C=O) groups excluding carboxylic acids is 1. The Labute approximate surface area is 96.5 Å². The van der Waals surface area contributed by atoms with Crippen LogP contribution in [0.15, 0.2) is 30.4 Å². The van der Waals surface area contributed by atoms with Crippen molar-refractivity contribution in [2.75, 3.05) is 12.1 Å². The van der Waals surface area contributed by atoms with Crippen LogP contribution < -0.4 is 14.8 Å². The Morgan fingerprint density at radius 3 is 2.76 bits per heavy atom. The maximum absolute atomic E-state index is 11.3. The molecule has 0 saturated heterocycles. The Morgan fingerprint density at radius 2 is 2.00 bits per heavy atom. The lowest BCUT2D eigenvalue weighted by Gasteiger charge is -2.02. The molecule has 1 aromatic rings. The van der Waals surface area contributed by atoms with Gasteiger partial charge in [0, 0.05) is 23.9 Å². The number of carboxylic acid groups (broad SMARTS) is 1. The van der Waals surface area contributed by atoms with Crippen LogP contribution in [-0.2, 0) is 9.59 Å². The number of ether oxygens (including phenoxy) is 2. The zero-order valence-electron chi connectivity index (χ0n) is 8.67. The van der Waals surface area contributed by atoms with Crippen molar-refractivity contribution >= 4 is 17.6 Å². The number of nitrogens with one attached hydrogen (secondary N) is 1. The third-order valence-electron chi connectivity index (χ3n) is 2.02. The molecule has 1 amide bonds. The lowest BCUT2D eigenvalue weighted by Crippen LogP contribution is -2.08. The monoisotopic (exact) mass is 235 g/mol. The van der Waals surface area contributed by atoms with Gasteiger partial charge in [0.2, 0.25) is 12.7 Å². The van der Waals surface area contributed by atoms with Crippen LogP contribution in [0.3, 0.4) is 0 Å². The Kier molecular flexibility index (Phi) is 2.95. The first-order valence-corrected chi connectivity index (χ1v) is 4.77. The minimum Gasteiger partial charge on any atom is -0.478 e. The van der Waals surface area contributed by atoms with Crippen LogP contribution in [0, 0.1) is 0 Å². The first kappa shape index (κ1) is 11.0. The SMILES string of the molecule is O=C(O)/C=C/C(=O)Nc1ccc2c(c1)OCO2. The number of carboxylic acids is 1. The normalized spacial score (nSPS) is 12.7. The van der Waals surface area contributed by atoms with Crippen molar-refractivity contribution in [3.8, 4) is 11.5 Å². The van der Waals surface area contributed by atoms with E-state index < -0.39 is 11.9 Å². The molecule has 1 heterocycles. The lowest BCUT2D eigenvalue weighted by atomic mass is 10.2. The van der Waals surface area contributed by atoms with Crippen molar-refractivity contribution in [2.45, 2.75) is 0 Å². The van der Waals surface area contributed by atoms with E-state index in [0.29, 0.717) is 17.2 Å². The zero-order valence-corrected chi connectivity index (χ0v) is 8.67. The van der Waals surface area contributed by atoms with Gasteiger partial charge < -0.3 is 19.9 Å². The molecule has 6 nitrogen and oxygen atoms in total. The molecule has 0 aliphatic carbocycles. The standard InChI is InChI=1S/C11H9NO5/c13-10(3-4-11(14)15)12-7-1-2-8-9(5-7)17-6-16-8/h1-5H,6H2,(H,12,13)(H,14,15)/b4-3+. The van der Waals surface area contributed by atoms with E-state index in [1.54, 1.807) is 18.2 Å². The molecule has 17 heavy (non-hydrogen) atoms. The second-order valence-corrected chi connectivity index (χ2v) is 3.23. The second-order valence-electron chi connectivity index (χ2n) is 3.23. The summed E-state index contributed by atoms with van der Waals surface area (Å²) in [6.07, 6.45) is 1.70. The largest absolute Gasteiger partial charge is 0.478 e. The molecule has 0 unspecified atom stereocenters. The van der Waals surface area contributed by atoms with Crippen molar-refractivity contribution < 1.29 is 24.2 Å². The average molecular weight is 235 g/mol. The Hall–Kier alpha value is -2.50. The summed E-state index contributed by atoms with van der Waals surface area (Å²) in [6.45, 7) is 0.158. The summed E-state index contributed by atoms with van der Waals surface area (Å²) in [5.41, 5.74) is 0.509. The van der Waals surface area contributed by atoms with Gasteiger partial charge in [-0.25, -0.2) is 4.79 Å². The van der Waals surface area contributed by atoms with Crippen molar-refractivity contribution in [1.29, 1.82) is 0 Å². The van der Waals surface area contributed by atoms with Gasteiger partial charge in [0.15, 0.2) is 11.5 Å². The van der Waals surface area contributed by atoms with Crippen LogP contribution in [0.4, 0.5) is 5.69 Å². The van der Waals surface area contributed by atoms with Crippen molar-refractivity contribution in [2.24, 2.45) is 0 Å². The number of anilines is 1. The maximum atomic E-state index is 11.3. The molecule has 1 aliphatic heterocycles. The Balaban J connectivity index is 2.04. The van der Waals surface area contributed by atoms with Crippen LogP contribution in [0.5, 0.6) is 11.5 Å². The molecule has 2 rings (SSSR count). The van der Waals surface area contributed by atoms with E-state index in [-0.39, 0.29) is 6.79 Å². The van der Waals surface area contributed by atoms with E-state index >= 15 is 0 Å². The molecule has 2 N–H and O–H groups in total. The van der Waals surface area contributed by atoms with E-state index in [1.807, 2.05) is 0 Å². The van der Waals surface area contributed by atoms with E-state index in [1.165, 1.54) is 0 Å². The van der Waals surface area contributed by atoms with Gasteiger partial charge in [0.05, 0.1) is 0 Å². The Morgan fingerprint density at radius 1 is 1.24 bits per heavy atom. The number of aliphatic carboxylic acids is 1. The number of rotatable bonds is 3. The lowest BCUT2D eigenvalue weighted by molar-refractivity contribution is -0.131. The highest BCUT2D eigenvalue weighted by atomic mass is 16.7. The fourth-order valence-corrected chi connectivity index (χ4v) is 1.31. The van der Waals surface area contributed by atoms with Gasteiger partial charge in [-0.3, -0.25) is 4.79 Å². The summed E-state index contributed by atoms with van der Waals surface area (Å²) in [5.74, 6) is -0.536. The number of hydrogen-bond donors (Lipinski definition) is 2. The molecule has 0 spiro atoms. The summed E-state index contributed by atoms with van der Waals surface area (Å²) in [5, 5.41) is 10.9. The summed E-state index contributed by atoms with van der Waals surface area (Å²) in [4.78, 5) is 21.5. The van der Waals surface area contributed by atoms with Gasteiger partial charge in [-0.1, -0.05) is 0 Å². The van der Waals surface area contributed by atoms with Gasteiger partial charge in [0.25, 0.3) is 0 Å². The molecule has 0 bridgehead atoms. The maximum Gasteiger partial charge on any atom is 0.328 e. The minimum absolute atomic E-state index is 0.158. The molecule has 0 radical (unpaired) electrons. The quantitative estimate of drug-likeness (QED) is 0.763. The summed E-state index contributed by atoms with van der Waals surface area (Å²) >= 11 is 0. The summed E-state index contributed by atoms with van der Waals surface area (Å²) in [7, 11) is 0. The van der Waals surface area contributed by atoms with Crippen molar-refractivity contribution in [3.05, 3.63) is 30.4 Å². The van der Waals surface area contributed by atoms with Gasteiger partial charge in [-0.15, -0.1) is 0 Å². The molecule has 0 fully saturated rings. The highest BCUT2D eigenvalue weighted by molar-refractivity contribution is 6.02. The predicted octanol–water partition coefficient (Wildman–Crippen LogP) is 0.995. The van der Waals surface area contributed by atoms with E-state index in [2.05, 4.69) is 5.32 Å². The molecular formula is C11H9NO5. The summed E-state index contributed by atoms with van der Waals surface area (Å²) < 4.78 is 10.2. The number of benzene rings is 1. The second kappa shape index (κ2) is 4.56. The predicted molar refractivity (Wildman–Crippen MR) is 58.0 cm³/mol. The van der Waals surface area contributed by atoms with E-state index in [4.69, 9.17) is 14.6 Å². The van der Waals surface area contributed by atoms with Gasteiger partial charge in [-0.05, 0) is 12.1 Å². The van der Waals surface area contributed by atoms with Crippen molar-refractivity contribution in [1.82, 2.24) is 0 Å². The number of carbonyl (C=O) groups is 2. The fraction of sp³-hybridized carbons (Fsp3) is 0.0909. The van der Waals surface area contributed by atoms with Crippen molar-refractivity contribution in [3.63, 3.8) is 0 Å². The summed E-state index contributed by atoms with van der Waals surface area (Å²) in [6, 6.07) is 4.91. The van der Waals surface area contributed by atoms with E-state index in [9.17, 15) is 9.59 Å². The average Bonchev–Trinajstić information content (AvgIpc) is 2.73. The molecule has 88 valence electrons. The molecule has 0 atom stereocenters. The molecule has 0 aromatic heterocycles. The minimum atomic E-state index is -1.18. The van der Waals surface area contributed by atoms with Crippen LogP contribution in [0.25, 0.3) is 0 Å². The number of amides is 1. The van der Waals surface area contributed by atoms with Crippen LogP contribution in [-0.4, -0.2) is 23.8 Å². The molecular weight excluding hydrogens is 226 g/mol. The highest BCUT2D eigenvalue weighted by Crippen LogP contribution is 2.34. The third-order valence-corrected chi connectivity index (χ3v) is 2.02. The first-order valence-electron chi connectivity index (χ1n) is 4.77. The van der Waals surface area contributed by atoms with Gasteiger partial charge in [-0.2, -0.15) is 0 Å². The van der Waals surface area contributed by atoms with Crippen LogP contribution >= 0.6 is 0 Å². The highest BCUT2D eigenvalue weighted by Gasteiger charge is 2.13. The Bertz CT molecular complexity index is 495. The zero-order chi connectivity index (χ0) is 12.3.